The summed E-state index contributed by atoms with van der Waals surface area (Å²) >= 11 is 0. The van der Waals surface area contributed by atoms with Crippen molar-refractivity contribution in [2.24, 2.45) is 0 Å². The molecule has 0 aromatic rings. The molecule has 0 saturated heterocycles. The van der Waals surface area contributed by atoms with Crippen LogP contribution in [0.3, 0.4) is 0 Å². The summed E-state index contributed by atoms with van der Waals surface area (Å²) in [4.78, 5) is 0. The fourth-order valence-electron chi connectivity index (χ4n) is 0.660. The third kappa shape index (κ3) is 3.68. The summed E-state index contributed by atoms with van der Waals surface area (Å²) in [5.41, 5.74) is -0.112. The summed E-state index contributed by atoms with van der Waals surface area (Å²) in [5.74, 6) is 0. The van der Waals surface area contributed by atoms with Crippen LogP contribution in [0.25, 0.3) is 0 Å². The molecule has 0 bridgehead atoms. The number of rotatable bonds is 6. The minimum atomic E-state index is -2.88. The minimum absolute atomic E-state index is 0.112. The first-order chi connectivity index (χ1) is 5.56. The van der Waals surface area contributed by atoms with Crippen LogP contribution in [0, 0.1) is 0 Å². The molecule has 0 N–H and O–H groups in total. The van der Waals surface area contributed by atoms with Crippen LogP contribution in [0.15, 0.2) is 0 Å². The van der Waals surface area contributed by atoms with Gasteiger partial charge in [-0.05, 0) is 0 Å². The van der Waals surface area contributed by atoms with Crippen molar-refractivity contribution in [3.05, 3.63) is 0 Å². The highest BCUT2D eigenvalue weighted by atomic mass is 31.2. The van der Waals surface area contributed by atoms with Crippen molar-refractivity contribution in [2.45, 2.75) is 19.5 Å². The molecule has 4 nitrogen and oxygen atoms in total. The van der Waals surface area contributed by atoms with E-state index in [2.05, 4.69) is 0 Å². The van der Waals surface area contributed by atoms with Crippen molar-refractivity contribution in [3.8, 4) is 0 Å². The number of hydrogen-bond donors (Lipinski definition) is 0. The van der Waals surface area contributed by atoms with E-state index in [9.17, 15) is 4.57 Å². The molecule has 0 saturated carbocycles. The van der Waals surface area contributed by atoms with Crippen molar-refractivity contribution in [3.63, 3.8) is 0 Å². The lowest BCUT2D eigenvalue weighted by atomic mass is 10.6. The average Bonchev–Trinajstić information content (AvgIpc) is 2.04. The molecule has 0 heterocycles. The van der Waals surface area contributed by atoms with E-state index in [4.69, 9.17) is 13.8 Å². The Hall–Kier alpha value is 0.110. The smallest absolute Gasteiger partial charge is 0.332 e. The molecule has 5 heteroatoms. The predicted octanol–water partition coefficient (Wildman–Crippen LogP) is 1.90. The van der Waals surface area contributed by atoms with Gasteiger partial charge in [0, 0.05) is 14.2 Å². The van der Waals surface area contributed by atoms with Gasteiger partial charge in [-0.1, -0.05) is 13.8 Å². The molecule has 0 aromatic carbocycles. The Morgan fingerprint density at radius 2 is 1.83 bits per heavy atom. The summed E-state index contributed by atoms with van der Waals surface area (Å²) < 4.78 is 26.3. The summed E-state index contributed by atoms with van der Waals surface area (Å²) in [7, 11) is 0.0805. The maximum absolute atomic E-state index is 11.7. The SMILES string of the molecule is COCCOP(=O)(OC)C(C)C. The Balaban J connectivity index is 3.89. The number of hydrogen-bond acceptors (Lipinski definition) is 4. The minimum Gasteiger partial charge on any atom is -0.382 e. The standard InChI is InChI=1S/C7H17O4P/c1-7(2)12(8,10-4)11-6-5-9-3/h7H,5-6H2,1-4H3. The fraction of sp³-hybridized carbons (Fsp3) is 1.00. The molecule has 74 valence electrons. The van der Waals surface area contributed by atoms with Crippen molar-refractivity contribution in [1.29, 1.82) is 0 Å². The topological polar surface area (TPSA) is 44.8 Å². The first kappa shape index (κ1) is 12.1. The highest BCUT2D eigenvalue weighted by Gasteiger charge is 2.27. The molecule has 0 amide bonds. The quantitative estimate of drug-likeness (QED) is 0.480. The molecule has 12 heavy (non-hydrogen) atoms. The first-order valence-corrected chi connectivity index (χ1v) is 5.47. The predicted molar refractivity (Wildman–Crippen MR) is 47.6 cm³/mol. The Labute approximate surface area is 73.7 Å². The van der Waals surface area contributed by atoms with E-state index in [0.29, 0.717) is 13.2 Å². The van der Waals surface area contributed by atoms with E-state index in [-0.39, 0.29) is 5.66 Å². The van der Waals surface area contributed by atoms with Crippen LogP contribution in [0.4, 0.5) is 0 Å². The third-order valence-electron chi connectivity index (χ3n) is 1.45. The lowest BCUT2D eigenvalue weighted by Gasteiger charge is -2.19. The van der Waals surface area contributed by atoms with Crippen LogP contribution >= 0.6 is 7.60 Å². The van der Waals surface area contributed by atoms with E-state index in [0.717, 1.165) is 0 Å². The molecule has 0 radical (unpaired) electrons. The second-order valence-electron chi connectivity index (χ2n) is 2.64. The first-order valence-electron chi connectivity index (χ1n) is 3.85. The molecule has 0 aromatic heterocycles. The van der Waals surface area contributed by atoms with E-state index in [1.54, 1.807) is 21.0 Å². The van der Waals surface area contributed by atoms with Crippen molar-refractivity contribution >= 4 is 7.60 Å². The Bertz CT molecular complexity index is 157. The number of methoxy groups -OCH3 is 1. The van der Waals surface area contributed by atoms with Crippen LogP contribution < -0.4 is 0 Å². The van der Waals surface area contributed by atoms with E-state index >= 15 is 0 Å². The summed E-state index contributed by atoms with van der Waals surface area (Å²) in [6.07, 6.45) is 0. The van der Waals surface area contributed by atoms with Gasteiger partial charge in [0.2, 0.25) is 0 Å². The van der Waals surface area contributed by atoms with Gasteiger partial charge in [-0.15, -0.1) is 0 Å². The third-order valence-corrected chi connectivity index (χ3v) is 3.76. The fourth-order valence-corrected chi connectivity index (χ4v) is 1.81. The van der Waals surface area contributed by atoms with Crippen LogP contribution in [-0.2, 0) is 18.3 Å². The van der Waals surface area contributed by atoms with E-state index < -0.39 is 7.60 Å². The average molecular weight is 196 g/mol. The van der Waals surface area contributed by atoms with Gasteiger partial charge in [-0.3, -0.25) is 4.57 Å². The van der Waals surface area contributed by atoms with Gasteiger partial charge in [-0.25, -0.2) is 0 Å². The molecular formula is C7H17O4P. The van der Waals surface area contributed by atoms with Crippen molar-refractivity contribution in [2.75, 3.05) is 27.4 Å². The molecular weight excluding hydrogens is 179 g/mol. The highest BCUT2D eigenvalue weighted by Crippen LogP contribution is 2.51. The zero-order valence-electron chi connectivity index (χ0n) is 8.07. The zero-order chi connectivity index (χ0) is 9.61. The molecule has 1 unspecified atom stereocenters. The molecule has 0 aliphatic carbocycles. The highest BCUT2D eigenvalue weighted by molar-refractivity contribution is 7.54. The van der Waals surface area contributed by atoms with Crippen LogP contribution in [0.1, 0.15) is 13.8 Å². The van der Waals surface area contributed by atoms with Crippen molar-refractivity contribution < 1.29 is 18.3 Å². The van der Waals surface area contributed by atoms with Gasteiger partial charge in [0.1, 0.15) is 0 Å². The largest absolute Gasteiger partial charge is 0.382 e. The summed E-state index contributed by atoms with van der Waals surface area (Å²) in [5, 5.41) is 0. The normalized spacial score (nSPS) is 16.4. The second-order valence-corrected chi connectivity index (χ2v) is 5.38. The maximum atomic E-state index is 11.7. The lowest BCUT2D eigenvalue weighted by molar-refractivity contribution is 0.131. The van der Waals surface area contributed by atoms with Crippen molar-refractivity contribution in [1.82, 2.24) is 0 Å². The van der Waals surface area contributed by atoms with Gasteiger partial charge in [0.05, 0.1) is 18.9 Å². The molecule has 0 aliphatic rings. The van der Waals surface area contributed by atoms with Gasteiger partial charge < -0.3 is 13.8 Å². The van der Waals surface area contributed by atoms with Gasteiger partial charge in [0.15, 0.2) is 0 Å². The molecule has 0 rings (SSSR count). The lowest BCUT2D eigenvalue weighted by Crippen LogP contribution is -2.07. The van der Waals surface area contributed by atoms with Gasteiger partial charge in [0.25, 0.3) is 0 Å². The zero-order valence-corrected chi connectivity index (χ0v) is 8.97. The summed E-state index contributed by atoms with van der Waals surface area (Å²) in [6, 6.07) is 0. The molecule has 0 fully saturated rings. The van der Waals surface area contributed by atoms with Crippen LogP contribution in [0.2, 0.25) is 0 Å². The molecule has 1 atom stereocenters. The summed E-state index contributed by atoms with van der Waals surface area (Å²) in [6.45, 7) is 4.34. The Morgan fingerprint density at radius 1 is 1.25 bits per heavy atom. The maximum Gasteiger partial charge on any atom is 0.332 e. The Morgan fingerprint density at radius 3 is 2.17 bits per heavy atom. The van der Waals surface area contributed by atoms with Gasteiger partial charge in [-0.2, -0.15) is 0 Å². The van der Waals surface area contributed by atoms with E-state index in [1.165, 1.54) is 7.11 Å². The molecule has 0 spiro atoms. The second kappa shape index (κ2) is 5.70. The monoisotopic (exact) mass is 196 g/mol. The Kier molecular flexibility index (Phi) is 5.76. The van der Waals surface area contributed by atoms with Crippen LogP contribution in [-0.4, -0.2) is 33.1 Å². The number of ether oxygens (including phenoxy) is 1. The van der Waals surface area contributed by atoms with E-state index in [1.807, 2.05) is 0 Å². The van der Waals surface area contributed by atoms with Gasteiger partial charge >= 0.3 is 7.60 Å². The molecule has 0 aliphatic heterocycles. The van der Waals surface area contributed by atoms with Crippen LogP contribution in [0.5, 0.6) is 0 Å².